The number of carbonyl (C=O) groups is 2. The number of carboxylic acid groups (broad SMARTS) is 1. The molecule has 0 radical (unpaired) electrons. The minimum Gasteiger partial charge on any atom is -0.480 e. The van der Waals surface area contributed by atoms with Gasteiger partial charge in [-0.2, -0.15) is 13.2 Å². The van der Waals surface area contributed by atoms with E-state index in [-0.39, 0.29) is 13.2 Å². The summed E-state index contributed by atoms with van der Waals surface area (Å²) in [5.41, 5.74) is 0. The Labute approximate surface area is 113 Å². The van der Waals surface area contributed by atoms with Crippen LogP contribution in [0.1, 0.15) is 19.3 Å². The molecular formula is C11H17F3N2O4. The highest BCUT2D eigenvalue weighted by Gasteiger charge is 2.31. The molecule has 0 aromatic carbocycles. The quantitative estimate of drug-likeness (QED) is 0.748. The lowest BCUT2D eigenvalue weighted by atomic mass is 10.0. The average Bonchev–Trinajstić information content (AvgIpc) is 2.36. The Kier molecular flexibility index (Phi) is 6.05. The van der Waals surface area contributed by atoms with Crippen molar-refractivity contribution < 1.29 is 32.6 Å². The smallest absolute Gasteiger partial charge is 0.411 e. The summed E-state index contributed by atoms with van der Waals surface area (Å²) in [6.07, 6.45) is -2.57. The van der Waals surface area contributed by atoms with E-state index in [0.29, 0.717) is 19.4 Å². The third kappa shape index (κ3) is 5.64. The molecular weight excluding hydrogens is 281 g/mol. The number of amides is 2. The largest absolute Gasteiger partial charge is 0.480 e. The van der Waals surface area contributed by atoms with Crippen LogP contribution < -0.4 is 5.32 Å². The van der Waals surface area contributed by atoms with Crippen molar-refractivity contribution in [3.05, 3.63) is 0 Å². The number of piperidine rings is 1. The van der Waals surface area contributed by atoms with Crippen LogP contribution in [-0.2, 0) is 9.53 Å². The summed E-state index contributed by atoms with van der Waals surface area (Å²) in [6, 6.07) is -1.47. The molecule has 0 spiro atoms. The highest BCUT2D eigenvalue weighted by Crippen LogP contribution is 2.17. The maximum Gasteiger partial charge on any atom is 0.411 e. The number of nitrogens with zero attached hydrogens (tertiary/aromatic N) is 1. The summed E-state index contributed by atoms with van der Waals surface area (Å²) in [6.45, 7) is -1.43. The third-order valence-electron chi connectivity index (χ3n) is 2.84. The number of alkyl halides is 3. The molecule has 1 aliphatic heterocycles. The second kappa shape index (κ2) is 7.32. The van der Waals surface area contributed by atoms with Crippen molar-refractivity contribution >= 4 is 12.0 Å². The maximum absolute atomic E-state index is 11.8. The molecule has 6 nitrogen and oxygen atoms in total. The first-order valence-electron chi connectivity index (χ1n) is 6.23. The van der Waals surface area contributed by atoms with Crippen molar-refractivity contribution in [1.82, 2.24) is 10.2 Å². The maximum atomic E-state index is 11.8. The molecule has 0 aliphatic carbocycles. The normalized spacial score (nSPS) is 19.8. The van der Waals surface area contributed by atoms with Gasteiger partial charge in [-0.05, 0) is 19.3 Å². The van der Waals surface area contributed by atoms with Crippen molar-refractivity contribution in [2.45, 2.75) is 31.5 Å². The van der Waals surface area contributed by atoms with Gasteiger partial charge in [-0.15, -0.1) is 0 Å². The van der Waals surface area contributed by atoms with Crippen LogP contribution in [0.25, 0.3) is 0 Å². The molecule has 116 valence electrons. The van der Waals surface area contributed by atoms with E-state index < -0.39 is 30.8 Å². The van der Waals surface area contributed by atoms with E-state index >= 15 is 0 Å². The standard InChI is InChI=1S/C11H17F3N2O4/c12-11(13,14)7-20-6-4-15-10(19)16-5-2-1-3-8(16)9(17)18/h8H,1-7H2,(H,15,19)(H,17,18). The van der Waals surface area contributed by atoms with Gasteiger partial charge in [-0.3, -0.25) is 0 Å². The number of urea groups is 1. The predicted octanol–water partition coefficient (Wildman–Crippen LogP) is 1.21. The molecule has 1 aliphatic rings. The van der Waals surface area contributed by atoms with Crippen molar-refractivity contribution in [3.63, 3.8) is 0 Å². The summed E-state index contributed by atoms with van der Waals surface area (Å²) in [5.74, 6) is -1.08. The Hall–Kier alpha value is -1.51. The molecule has 1 rings (SSSR count). The Morgan fingerprint density at radius 2 is 2.05 bits per heavy atom. The fraction of sp³-hybridized carbons (Fsp3) is 0.818. The van der Waals surface area contributed by atoms with Gasteiger partial charge in [-0.1, -0.05) is 0 Å². The number of ether oxygens (including phenoxy) is 1. The minimum absolute atomic E-state index is 0.0995. The molecule has 1 saturated heterocycles. The molecule has 0 saturated carbocycles. The Morgan fingerprint density at radius 1 is 1.35 bits per heavy atom. The van der Waals surface area contributed by atoms with Gasteiger partial charge in [-0.25, -0.2) is 9.59 Å². The van der Waals surface area contributed by atoms with Gasteiger partial charge in [0.05, 0.1) is 6.61 Å². The van der Waals surface area contributed by atoms with E-state index in [1.165, 1.54) is 4.90 Å². The second-order valence-corrected chi connectivity index (χ2v) is 4.44. The molecule has 0 bridgehead atoms. The molecule has 0 aromatic rings. The zero-order chi connectivity index (χ0) is 15.2. The van der Waals surface area contributed by atoms with Gasteiger partial charge in [0.1, 0.15) is 12.6 Å². The van der Waals surface area contributed by atoms with Crippen LogP contribution in [-0.4, -0.2) is 60.5 Å². The summed E-state index contributed by atoms with van der Waals surface area (Å²) in [7, 11) is 0. The van der Waals surface area contributed by atoms with Crippen LogP contribution in [0.5, 0.6) is 0 Å². The Bertz CT molecular complexity index is 349. The fourth-order valence-corrected chi connectivity index (χ4v) is 1.95. The summed E-state index contributed by atoms with van der Waals surface area (Å²) in [5, 5.41) is 11.3. The van der Waals surface area contributed by atoms with E-state index in [9.17, 15) is 22.8 Å². The average molecular weight is 298 g/mol. The highest BCUT2D eigenvalue weighted by atomic mass is 19.4. The van der Waals surface area contributed by atoms with Crippen LogP contribution in [0, 0.1) is 0 Å². The second-order valence-electron chi connectivity index (χ2n) is 4.44. The molecule has 1 atom stereocenters. The van der Waals surface area contributed by atoms with Crippen LogP contribution >= 0.6 is 0 Å². The van der Waals surface area contributed by atoms with E-state index in [0.717, 1.165) is 6.42 Å². The summed E-state index contributed by atoms with van der Waals surface area (Å²) in [4.78, 5) is 23.9. The first kappa shape index (κ1) is 16.5. The molecule has 1 fully saturated rings. The van der Waals surface area contributed by atoms with Crippen LogP contribution in [0.3, 0.4) is 0 Å². The lowest BCUT2D eigenvalue weighted by Gasteiger charge is -2.32. The third-order valence-corrected chi connectivity index (χ3v) is 2.84. The van der Waals surface area contributed by atoms with E-state index in [4.69, 9.17) is 5.11 Å². The Balaban J connectivity index is 2.29. The highest BCUT2D eigenvalue weighted by molar-refractivity contribution is 5.82. The zero-order valence-electron chi connectivity index (χ0n) is 10.8. The van der Waals surface area contributed by atoms with Gasteiger partial charge >= 0.3 is 18.2 Å². The lowest BCUT2D eigenvalue weighted by molar-refractivity contribution is -0.173. The molecule has 9 heteroatoms. The number of hydrogen-bond donors (Lipinski definition) is 2. The molecule has 1 heterocycles. The van der Waals surface area contributed by atoms with E-state index in [2.05, 4.69) is 10.1 Å². The number of aliphatic carboxylic acids is 1. The molecule has 1 unspecified atom stereocenters. The van der Waals surface area contributed by atoms with Crippen LogP contribution in [0.15, 0.2) is 0 Å². The van der Waals surface area contributed by atoms with E-state index in [1.807, 2.05) is 0 Å². The topological polar surface area (TPSA) is 78.9 Å². The van der Waals surface area contributed by atoms with Gasteiger partial charge < -0.3 is 20.1 Å². The molecule has 0 aromatic heterocycles. The van der Waals surface area contributed by atoms with Gasteiger partial charge in [0.15, 0.2) is 0 Å². The predicted molar refractivity (Wildman–Crippen MR) is 62.3 cm³/mol. The van der Waals surface area contributed by atoms with Crippen molar-refractivity contribution in [3.8, 4) is 0 Å². The van der Waals surface area contributed by atoms with Crippen LogP contribution in [0.2, 0.25) is 0 Å². The molecule has 20 heavy (non-hydrogen) atoms. The number of nitrogens with one attached hydrogen (secondary N) is 1. The van der Waals surface area contributed by atoms with Crippen molar-refractivity contribution in [1.29, 1.82) is 0 Å². The van der Waals surface area contributed by atoms with Crippen LogP contribution in [0.4, 0.5) is 18.0 Å². The zero-order valence-corrected chi connectivity index (χ0v) is 10.8. The molecule has 2 N–H and O–H groups in total. The van der Waals surface area contributed by atoms with Crippen molar-refractivity contribution in [2.24, 2.45) is 0 Å². The monoisotopic (exact) mass is 298 g/mol. The number of rotatable bonds is 5. The SMILES string of the molecule is O=C(O)C1CCCCN1C(=O)NCCOCC(F)(F)F. The number of carboxylic acids is 1. The van der Waals surface area contributed by atoms with Gasteiger partial charge in [0.2, 0.25) is 0 Å². The first-order valence-corrected chi connectivity index (χ1v) is 6.23. The minimum atomic E-state index is -4.40. The number of carbonyl (C=O) groups excluding carboxylic acids is 1. The molecule has 2 amide bonds. The van der Waals surface area contributed by atoms with Gasteiger partial charge in [0.25, 0.3) is 0 Å². The summed E-state index contributed by atoms with van der Waals surface area (Å²) >= 11 is 0. The number of halogens is 3. The number of likely N-dealkylation sites (tertiary alicyclic amines) is 1. The number of hydrogen-bond acceptors (Lipinski definition) is 3. The van der Waals surface area contributed by atoms with Crippen molar-refractivity contribution in [2.75, 3.05) is 26.3 Å². The van der Waals surface area contributed by atoms with E-state index in [1.54, 1.807) is 0 Å². The fourth-order valence-electron chi connectivity index (χ4n) is 1.95. The first-order chi connectivity index (χ1) is 9.31. The lowest BCUT2D eigenvalue weighted by Crippen LogP contribution is -2.52. The Morgan fingerprint density at radius 3 is 2.65 bits per heavy atom. The van der Waals surface area contributed by atoms with Gasteiger partial charge in [0, 0.05) is 13.1 Å². The summed E-state index contributed by atoms with van der Waals surface area (Å²) < 4.78 is 39.7.